The van der Waals surface area contributed by atoms with Gasteiger partial charge in [0.15, 0.2) is 5.13 Å². The van der Waals surface area contributed by atoms with E-state index in [1.54, 1.807) is 24.1 Å². The molecule has 1 saturated carbocycles. The lowest BCUT2D eigenvalue weighted by Gasteiger charge is -2.22. The molecule has 3 aromatic rings. The van der Waals surface area contributed by atoms with Crippen LogP contribution in [0, 0.1) is 13.8 Å². The van der Waals surface area contributed by atoms with Crippen LogP contribution in [0.3, 0.4) is 0 Å². The van der Waals surface area contributed by atoms with Crippen LogP contribution < -0.4 is 4.90 Å². The number of aryl methyl sites for hydroxylation is 2. The van der Waals surface area contributed by atoms with Crippen molar-refractivity contribution < 1.29 is 13.2 Å². The highest BCUT2D eigenvalue weighted by Gasteiger charge is 2.35. The van der Waals surface area contributed by atoms with Crippen LogP contribution in [0.2, 0.25) is 0 Å². The summed E-state index contributed by atoms with van der Waals surface area (Å²) in [5, 5.41) is 0.652. The van der Waals surface area contributed by atoms with Crippen molar-refractivity contribution in [1.82, 2.24) is 14.2 Å². The summed E-state index contributed by atoms with van der Waals surface area (Å²) in [6, 6.07) is 10.5. The van der Waals surface area contributed by atoms with Crippen LogP contribution in [0.1, 0.15) is 34.3 Å². The number of benzene rings is 2. The first-order valence-electron chi connectivity index (χ1n) is 11.0. The number of hydrogen-bond donors (Lipinski definition) is 0. The van der Waals surface area contributed by atoms with Crippen LogP contribution in [0.15, 0.2) is 41.3 Å². The molecule has 0 spiro atoms. The Morgan fingerprint density at radius 3 is 2.21 bits per heavy atom. The molecule has 0 bridgehead atoms. The highest BCUT2D eigenvalue weighted by atomic mass is 32.2. The molecule has 176 valence electrons. The van der Waals surface area contributed by atoms with Crippen LogP contribution in [-0.2, 0) is 10.0 Å². The van der Waals surface area contributed by atoms with E-state index in [-0.39, 0.29) is 16.8 Å². The first-order valence-corrected chi connectivity index (χ1v) is 13.3. The molecule has 9 heteroatoms. The molecule has 1 amide bonds. The Balaban J connectivity index is 1.66. The number of anilines is 1. The van der Waals surface area contributed by atoms with Gasteiger partial charge in [0.25, 0.3) is 5.91 Å². The van der Waals surface area contributed by atoms with E-state index in [2.05, 4.69) is 6.07 Å². The van der Waals surface area contributed by atoms with Gasteiger partial charge in [0.05, 0.1) is 15.1 Å². The minimum Gasteiger partial charge on any atom is -0.308 e. The Bertz CT molecular complexity index is 1240. The summed E-state index contributed by atoms with van der Waals surface area (Å²) in [5.74, 6) is -0.189. The Morgan fingerprint density at radius 2 is 1.64 bits per heavy atom. The summed E-state index contributed by atoms with van der Waals surface area (Å²) in [6.07, 6.45) is 1.79. The number of carbonyl (C=O) groups excluding carboxylic acids is 1. The van der Waals surface area contributed by atoms with Crippen molar-refractivity contribution in [2.45, 2.75) is 37.6 Å². The van der Waals surface area contributed by atoms with Crippen molar-refractivity contribution in [2.75, 3.05) is 39.1 Å². The second-order valence-corrected chi connectivity index (χ2v) is 11.9. The zero-order valence-electron chi connectivity index (χ0n) is 19.7. The van der Waals surface area contributed by atoms with Gasteiger partial charge in [-0.3, -0.25) is 9.69 Å². The lowest BCUT2D eigenvalue weighted by atomic mass is 10.1. The van der Waals surface area contributed by atoms with Gasteiger partial charge in [-0.1, -0.05) is 23.5 Å². The maximum absolute atomic E-state index is 13.5. The second-order valence-electron chi connectivity index (χ2n) is 8.91. The van der Waals surface area contributed by atoms with Crippen LogP contribution in [0.5, 0.6) is 0 Å². The maximum atomic E-state index is 13.5. The molecule has 0 saturated heterocycles. The molecule has 0 aliphatic heterocycles. The average molecular weight is 487 g/mol. The first-order chi connectivity index (χ1) is 15.6. The minimum absolute atomic E-state index is 0.0868. The van der Waals surface area contributed by atoms with E-state index in [4.69, 9.17) is 4.98 Å². The molecule has 1 aliphatic carbocycles. The zero-order valence-corrected chi connectivity index (χ0v) is 21.3. The van der Waals surface area contributed by atoms with Crippen molar-refractivity contribution in [3.63, 3.8) is 0 Å². The Morgan fingerprint density at radius 1 is 1.00 bits per heavy atom. The number of thiazole rings is 1. The first kappa shape index (κ1) is 23.8. The molecule has 1 aliphatic rings. The standard InChI is InChI=1S/C24H30N4O3S2/c1-16-6-7-17(2)22-21(16)25-24(32-22)28(15-14-26(3)4)23(29)18-8-12-20(13-9-18)33(30,31)27(5)19-10-11-19/h6-9,12-13,19H,10-11,14-15H2,1-5H3. The average Bonchev–Trinajstić information content (AvgIpc) is 3.53. The van der Waals surface area contributed by atoms with E-state index in [1.807, 2.05) is 38.9 Å². The third-order valence-corrected chi connectivity index (χ3v) is 9.16. The van der Waals surface area contributed by atoms with E-state index < -0.39 is 10.0 Å². The van der Waals surface area contributed by atoms with Gasteiger partial charge in [0.1, 0.15) is 0 Å². The van der Waals surface area contributed by atoms with Gasteiger partial charge in [-0.05, 0) is 76.2 Å². The van der Waals surface area contributed by atoms with Gasteiger partial charge in [-0.25, -0.2) is 13.4 Å². The summed E-state index contributed by atoms with van der Waals surface area (Å²) in [5.41, 5.74) is 3.57. The van der Waals surface area contributed by atoms with Crippen molar-refractivity contribution in [1.29, 1.82) is 0 Å². The number of likely N-dealkylation sites (N-methyl/N-ethyl adjacent to an activating group) is 1. The summed E-state index contributed by atoms with van der Waals surface area (Å²) in [7, 11) is 2.00. The fourth-order valence-electron chi connectivity index (χ4n) is 3.67. The quantitative estimate of drug-likeness (QED) is 0.483. The summed E-state index contributed by atoms with van der Waals surface area (Å²) in [4.78, 5) is 22.3. The predicted molar refractivity (Wildman–Crippen MR) is 134 cm³/mol. The van der Waals surface area contributed by atoms with E-state index in [9.17, 15) is 13.2 Å². The zero-order chi connectivity index (χ0) is 23.9. The van der Waals surface area contributed by atoms with Crippen LogP contribution in [0.4, 0.5) is 5.13 Å². The van der Waals surface area contributed by atoms with Gasteiger partial charge in [0, 0.05) is 31.7 Å². The SMILES string of the molecule is Cc1ccc(C)c2sc(N(CCN(C)C)C(=O)c3ccc(S(=O)(=O)N(C)C4CC4)cc3)nc12. The van der Waals surface area contributed by atoms with Gasteiger partial charge >= 0.3 is 0 Å². The number of fused-ring (bicyclic) bond motifs is 1. The highest BCUT2D eigenvalue weighted by molar-refractivity contribution is 7.89. The van der Waals surface area contributed by atoms with Gasteiger partial charge < -0.3 is 4.90 Å². The van der Waals surface area contributed by atoms with Crippen molar-refractivity contribution in [3.05, 3.63) is 53.1 Å². The topological polar surface area (TPSA) is 73.8 Å². The van der Waals surface area contributed by atoms with Gasteiger partial charge in [-0.15, -0.1) is 0 Å². The second kappa shape index (κ2) is 9.13. The third kappa shape index (κ3) is 4.82. The summed E-state index contributed by atoms with van der Waals surface area (Å²) >= 11 is 1.52. The molecule has 0 N–H and O–H groups in total. The molecule has 1 heterocycles. The van der Waals surface area contributed by atoms with E-state index >= 15 is 0 Å². The smallest absolute Gasteiger partial charge is 0.260 e. The number of hydrogen-bond acceptors (Lipinski definition) is 6. The van der Waals surface area contributed by atoms with E-state index in [0.717, 1.165) is 34.2 Å². The molecule has 0 radical (unpaired) electrons. The van der Waals surface area contributed by atoms with Crippen molar-refractivity contribution in [2.24, 2.45) is 0 Å². The Kier molecular flexibility index (Phi) is 6.59. The monoisotopic (exact) mass is 486 g/mol. The molecule has 4 rings (SSSR count). The van der Waals surface area contributed by atoms with Crippen LogP contribution in [0.25, 0.3) is 10.2 Å². The van der Waals surface area contributed by atoms with Gasteiger partial charge in [0.2, 0.25) is 10.0 Å². The molecular weight excluding hydrogens is 456 g/mol. The van der Waals surface area contributed by atoms with Crippen LogP contribution in [-0.4, -0.2) is 68.8 Å². The molecule has 2 aromatic carbocycles. The Hall–Kier alpha value is -2.33. The van der Waals surface area contributed by atoms with Crippen molar-refractivity contribution in [3.8, 4) is 0 Å². The highest BCUT2D eigenvalue weighted by Crippen LogP contribution is 2.34. The maximum Gasteiger partial charge on any atom is 0.260 e. The van der Waals surface area contributed by atoms with E-state index in [1.165, 1.54) is 27.8 Å². The summed E-state index contributed by atoms with van der Waals surface area (Å²) in [6.45, 7) is 5.23. The molecule has 33 heavy (non-hydrogen) atoms. The fraction of sp³-hybridized carbons (Fsp3) is 0.417. The van der Waals surface area contributed by atoms with E-state index in [0.29, 0.717) is 23.8 Å². The number of aromatic nitrogens is 1. The van der Waals surface area contributed by atoms with Crippen molar-refractivity contribution >= 4 is 42.6 Å². The molecule has 1 fully saturated rings. The third-order valence-electron chi connectivity index (χ3n) is 6.02. The molecule has 0 unspecified atom stereocenters. The number of nitrogens with zero attached hydrogens (tertiary/aromatic N) is 4. The fourth-order valence-corrected chi connectivity index (χ4v) is 6.23. The lowest BCUT2D eigenvalue weighted by Crippen LogP contribution is -2.36. The summed E-state index contributed by atoms with van der Waals surface area (Å²) < 4.78 is 28.1. The van der Waals surface area contributed by atoms with Gasteiger partial charge in [-0.2, -0.15) is 4.31 Å². The molecular formula is C24H30N4O3S2. The minimum atomic E-state index is -3.55. The molecule has 1 aromatic heterocycles. The van der Waals surface area contributed by atoms with Crippen LogP contribution >= 0.6 is 11.3 Å². The number of carbonyl (C=O) groups is 1. The number of sulfonamides is 1. The predicted octanol–water partition coefficient (Wildman–Crippen LogP) is 3.90. The Labute approximate surface area is 199 Å². The molecule has 0 atom stereocenters. The number of rotatable bonds is 8. The number of amides is 1. The normalized spacial score (nSPS) is 14.4. The lowest BCUT2D eigenvalue weighted by molar-refractivity contribution is 0.0985. The largest absolute Gasteiger partial charge is 0.308 e. The molecule has 7 nitrogen and oxygen atoms in total.